The Kier molecular flexibility index (Phi) is 1.94. The highest BCUT2D eigenvalue weighted by Crippen LogP contribution is 2.02. The summed E-state index contributed by atoms with van der Waals surface area (Å²) in [5.41, 5.74) is 0. The fourth-order valence-electron chi connectivity index (χ4n) is 1.11. The topological polar surface area (TPSA) is 31.0 Å². The van der Waals surface area contributed by atoms with E-state index >= 15 is 0 Å². The van der Waals surface area contributed by atoms with Crippen LogP contribution >= 0.6 is 0 Å². The van der Waals surface area contributed by atoms with Gasteiger partial charge in [-0.1, -0.05) is 0 Å². The van der Waals surface area contributed by atoms with Crippen LogP contribution in [-0.2, 0) is 13.0 Å². The van der Waals surface area contributed by atoms with Crippen molar-refractivity contribution in [3.8, 4) is 0 Å². The first-order valence-electron chi connectivity index (χ1n) is 3.93. The van der Waals surface area contributed by atoms with Crippen molar-refractivity contribution in [2.24, 2.45) is 0 Å². The Morgan fingerprint density at radius 2 is 2.50 bits per heavy atom. The number of nitrogens with zero attached hydrogens (tertiary/aromatic N) is 2. The van der Waals surface area contributed by atoms with Crippen molar-refractivity contribution in [3.63, 3.8) is 0 Å². The highest BCUT2D eigenvalue weighted by atomic mass is 16.3. The normalized spacial score (nSPS) is 10.3. The Hall–Kier alpha value is -1.51. The summed E-state index contributed by atoms with van der Waals surface area (Å²) < 4.78 is 7.23. The largest absolute Gasteiger partial charge is 0.469 e. The maximum Gasteiger partial charge on any atom is 0.105 e. The molecule has 0 bridgehead atoms. The van der Waals surface area contributed by atoms with Gasteiger partial charge in [0.1, 0.15) is 5.76 Å². The lowest BCUT2D eigenvalue weighted by molar-refractivity contribution is 0.491. The molecule has 3 nitrogen and oxygen atoms in total. The summed E-state index contributed by atoms with van der Waals surface area (Å²) in [6, 6.07) is 3.89. The van der Waals surface area contributed by atoms with Crippen LogP contribution in [0.2, 0.25) is 0 Å². The van der Waals surface area contributed by atoms with Crippen molar-refractivity contribution in [2.45, 2.75) is 13.0 Å². The minimum Gasteiger partial charge on any atom is -0.469 e. The lowest BCUT2D eigenvalue weighted by Gasteiger charge is -1.97. The molecule has 2 rings (SSSR count). The summed E-state index contributed by atoms with van der Waals surface area (Å²) in [5.74, 6) is 1.02. The predicted octanol–water partition coefficient (Wildman–Crippen LogP) is 1.72. The van der Waals surface area contributed by atoms with Gasteiger partial charge in [0.2, 0.25) is 0 Å². The molecule has 2 aromatic rings. The molecule has 0 amide bonds. The van der Waals surface area contributed by atoms with Crippen LogP contribution in [0.1, 0.15) is 5.76 Å². The van der Waals surface area contributed by atoms with Crippen molar-refractivity contribution in [2.75, 3.05) is 0 Å². The lowest BCUT2D eigenvalue weighted by atomic mass is 10.3. The fraction of sp³-hybridized carbons (Fsp3) is 0.222. The molecule has 0 aliphatic rings. The van der Waals surface area contributed by atoms with Crippen molar-refractivity contribution >= 4 is 0 Å². The molecule has 2 aromatic heterocycles. The molecule has 0 atom stereocenters. The number of hydrogen-bond donors (Lipinski definition) is 0. The van der Waals surface area contributed by atoms with Gasteiger partial charge in [0.05, 0.1) is 12.6 Å². The van der Waals surface area contributed by atoms with E-state index in [4.69, 9.17) is 4.42 Å². The molecule has 0 aliphatic heterocycles. The summed E-state index contributed by atoms with van der Waals surface area (Å²) in [5, 5.41) is 0. The summed E-state index contributed by atoms with van der Waals surface area (Å²) in [7, 11) is 0. The van der Waals surface area contributed by atoms with Crippen LogP contribution in [0.4, 0.5) is 0 Å². The minimum absolute atomic E-state index is 0.920. The molecule has 0 radical (unpaired) electrons. The molecule has 3 heteroatoms. The van der Waals surface area contributed by atoms with E-state index < -0.39 is 0 Å². The van der Waals surface area contributed by atoms with Gasteiger partial charge in [-0.25, -0.2) is 4.98 Å². The molecule has 0 saturated heterocycles. The molecule has 0 aromatic carbocycles. The molecule has 2 heterocycles. The van der Waals surface area contributed by atoms with Crippen molar-refractivity contribution in [3.05, 3.63) is 42.9 Å². The third-order valence-electron chi connectivity index (χ3n) is 1.76. The summed E-state index contributed by atoms with van der Waals surface area (Å²) in [4.78, 5) is 3.95. The van der Waals surface area contributed by atoms with Crippen LogP contribution in [0.15, 0.2) is 41.5 Å². The molecule has 0 fully saturated rings. The second kappa shape index (κ2) is 3.26. The van der Waals surface area contributed by atoms with E-state index in [1.807, 2.05) is 29.2 Å². The monoisotopic (exact) mass is 162 g/mol. The first kappa shape index (κ1) is 7.16. The van der Waals surface area contributed by atoms with E-state index in [9.17, 15) is 0 Å². The highest BCUT2D eigenvalue weighted by Gasteiger charge is 1.95. The quantitative estimate of drug-likeness (QED) is 0.688. The minimum atomic E-state index is 0.920. The van der Waals surface area contributed by atoms with Crippen LogP contribution in [0, 0.1) is 0 Å². The van der Waals surface area contributed by atoms with Crippen LogP contribution < -0.4 is 0 Å². The number of imidazole rings is 1. The zero-order valence-corrected chi connectivity index (χ0v) is 6.68. The Morgan fingerprint density at radius 3 is 3.17 bits per heavy atom. The SMILES string of the molecule is c1coc(CCn2ccnc2)c1. The van der Waals surface area contributed by atoms with Gasteiger partial charge >= 0.3 is 0 Å². The van der Waals surface area contributed by atoms with Gasteiger partial charge < -0.3 is 8.98 Å². The molecule has 0 aliphatic carbocycles. The standard InChI is InChI=1S/C9H10N2O/c1-2-9(12-7-1)3-5-11-6-4-10-8-11/h1-2,4,6-8H,3,5H2. The third-order valence-corrected chi connectivity index (χ3v) is 1.76. The van der Waals surface area contributed by atoms with Crippen molar-refractivity contribution in [1.82, 2.24) is 9.55 Å². The molecular formula is C9H10N2O. The predicted molar refractivity (Wildman–Crippen MR) is 44.6 cm³/mol. The van der Waals surface area contributed by atoms with E-state index in [0.717, 1.165) is 18.7 Å². The zero-order chi connectivity index (χ0) is 8.23. The smallest absolute Gasteiger partial charge is 0.105 e. The molecule has 0 unspecified atom stereocenters. The van der Waals surface area contributed by atoms with Gasteiger partial charge in [-0.05, 0) is 12.1 Å². The molecule has 62 valence electrons. The van der Waals surface area contributed by atoms with Crippen LogP contribution in [0.5, 0.6) is 0 Å². The number of aryl methyl sites for hydroxylation is 2. The first-order chi connectivity index (χ1) is 5.95. The first-order valence-corrected chi connectivity index (χ1v) is 3.93. The molecule has 0 saturated carbocycles. The third kappa shape index (κ3) is 1.56. The Morgan fingerprint density at radius 1 is 1.50 bits per heavy atom. The van der Waals surface area contributed by atoms with Gasteiger partial charge in [0, 0.05) is 25.4 Å². The van der Waals surface area contributed by atoms with E-state index in [1.54, 1.807) is 12.5 Å². The zero-order valence-electron chi connectivity index (χ0n) is 6.68. The van der Waals surface area contributed by atoms with Crippen molar-refractivity contribution in [1.29, 1.82) is 0 Å². The summed E-state index contributed by atoms with van der Waals surface area (Å²) in [6.07, 6.45) is 8.15. The van der Waals surface area contributed by atoms with Crippen LogP contribution in [0.25, 0.3) is 0 Å². The summed E-state index contributed by atoms with van der Waals surface area (Å²) in [6.45, 7) is 0.924. The lowest BCUT2D eigenvalue weighted by Crippen LogP contribution is -1.96. The number of rotatable bonds is 3. The molecule has 0 spiro atoms. The molecular weight excluding hydrogens is 152 g/mol. The Labute approximate surface area is 70.7 Å². The van der Waals surface area contributed by atoms with Crippen molar-refractivity contribution < 1.29 is 4.42 Å². The van der Waals surface area contributed by atoms with Gasteiger partial charge in [-0.2, -0.15) is 0 Å². The maximum absolute atomic E-state index is 5.20. The van der Waals surface area contributed by atoms with Crippen LogP contribution in [-0.4, -0.2) is 9.55 Å². The Balaban J connectivity index is 1.91. The van der Waals surface area contributed by atoms with E-state index in [0.29, 0.717) is 0 Å². The molecule has 12 heavy (non-hydrogen) atoms. The van der Waals surface area contributed by atoms with E-state index in [2.05, 4.69) is 4.98 Å². The average Bonchev–Trinajstić information content (AvgIpc) is 2.74. The number of aromatic nitrogens is 2. The average molecular weight is 162 g/mol. The number of hydrogen-bond acceptors (Lipinski definition) is 2. The van der Waals surface area contributed by atoms with E-state index in [1.165, 1.54) is 0 Å². The van der Waals surface area contributed by atoms with Gasteiger partial charge in [0.25, 0.3) is 0 Å². The maximum atomic E-state index is 5.20. The van der Waals surface area contributed by atoms with Crippen LogP contribution in [0.3, 0.4) is 0 Å². The summed E-state index contributed by atoms with van der Waals surface area (Å²) >= 11 is 0. The molecule has 0 N–H and O–H groups in total. The van der Waals surface area contributed by atoms with Gasteiger partial charge in [0.15, 0.2) is 0 Å². The second-order valence-electron chi connectivity index (χ2n) is 2.63. The second-order valence-corrected chi connectivity index (χ2v) is 2.63. The number of furan rings is 1. The van der Waals surface area contributed by atoms with E-state index in [-0.39, 0.29) is 0 Å². The Bertz CT molecular complexity index is 276. The van der Waals surface area contributed by atoms with Gasteiger partial charge in [-0.3, -0.25) is 0 Å². The highest BCUT2D eigenvalue weighted by molar-refractivity contribution is 4.98. The fourth-order valence-corrected chi connectivity index (χ4v) is 1.11. The van der Waals surface area contributed by atoms with Gasteiger partial charge in [-0.15, -0.1) is 0 Å².